The number of nitrogens with one attached hydrogen (secondary N) is 1. The van der Waals surface area contributed by atoms with Crippen LogP contribution in [-0.2, 0) is 19.4 Å². The number of amides is 2. The highest BCUT2D eigenvalue weighted by Gasteiger charge is 2.24. The molecule has 1 aromatic carbocycles. The molecule has 0 radical (unpaired) electrons. The van der Waals surface area contributed by atoms with Crippen LogP contribution in [0.5, 0.6) is 0 Å². The van der Waals surface area contributed by atoms with Gasteiger partial charge < -0.3 is 10.2 Å². The Kier molecular flexibility index (Phi) is 5.43. The monoisotopic (exact) mass is 392 g/mol. The molecular formula is C21H20N4O2S. The summed E-state index contributed by atoms with van der Waals surface area (Å²) in [6.45, 7) is 1.70. The van der Waals surface area contributed by atoms with Gasteiger partial charge in [0.1, 0.15) is 0 Å². The van der Waals surface area contributed by atoms with Gasteiger partial charge in [0.2, 0.25) is 0 Å². The van der Waals surface area contributed by atoms with Crippen LogP contribution in [0.25, 0.3) is 0 Å². The van der Waals surface area contributed by atoms with Crippen LogP contribution >= 0.6 is 11.3 Å². The largest absolute Gasteiger partial charge is 0.346 e. The number of hydrogen-bond acceptors (Lipinski definition) is 5. The lowest BCUT2D eigenvalue weighted by Crippen LogP contribution is -2.33. The third-order valence-electron chi connectivity index (χ3n) is 4.69. The molecule has 0 saturated heterocycles. The van der Waals surface area contributed by atoms with E-state index in [1.54, 1.807) is 24.5 Å². The van der Waals surface area contributed by atoms with Crippen molar-refractivity contribution >= 4 is 23.2 Å². The van der Waals surface area contributed by atoms with E-state index in [-0.39, 0.29) is 11.8 Å². The molecule has 0 bridgehead atoms. The Labute approximate surface area is 167 Å². The van der Waals surface area contributed by atoms with Crippen LogP contribution in [0.2, 0.25) is 0 Å². The second-order valence-electron chi connectivity index (χ2n) is 6.59. The third-order valence-corrected chi connectivity index (χ3v) is 5.85. The van der Waals surface area contributed by atoms with E-state index < -0.39 is 0 Å². The Morgan fingerprint density at radius 1 is 1.07 bits per heavy atom. The molecule has 0 saturated carbocycles. The number of benzene rings is 1. The molecule has 28 heavy (non-hydrogen) atoms. The minimum absolute atomic E-state index is 0.0101. The van der Waals surface area contributed by atoms with Gasteiger partial charge in [-0.1, -0.05) is 30.3 Å². The van der Waals surface area contributed by atoms with Crippen LogP contribution in [0.1, 0.15) is 36.3 Å². The predicted molar refractivity (Wildman–Crippen MR) is 107 cm³/mol. The first-order valence-corrected chi connectivity index (χ1v) is 10.0. The zero-order valence-electron chi connectivity index (χ0n) is 15.3. The molecule has 2 amide bonds. The standard InChI is InChI=1S/C21H20N4O2S/c26-19(23-13-15-5-2-1-3-6-15)20-24-17-8-11-25(12-9-18(17)28-20)21(27)16-7-4-10-22-14-16/h1-7,10,14H,8-9,11-13H2,(H,23,26). The van der Waals surface area contributed by atoms with Gasteiger partial charge in [-0.2, -0.15) is 0 Å². The maximum absolute atomic E-state index is 12.6. The fourth-order valence-corrected chi connectivity index (χ4v) is 4.20. The fourth-order valence-electron chi connectivity index (χ4n) is 3.19. The molecule has 6 nitrogen and oxygen atoms in total. The molecule has 4 rings (SSSR count). The van der Waals surface area contributed by atoms with Gasteiger partial charge in [0.05, 0.1) is 11.3 Å². The van der Waals surface area contributed by atoms with Crippen LogP contribution in [0.3, 0.4) is 0 Å². The zero-order valence-corrected chi connectivity index (χ0v) is 16.1. The topological polar surface area (TPSA) is 75.2 Å². The maximum Gasteiger partial charge on any atom is 0.280 e. The van der Waals surface area contributed by atoms with Crippen molar-refractivity contribution < 1.29 is 9.59 Å². The van der Waals surface area contributed by atoms with Gasteiger partial charge >= 0.3 is 0 Å². The smallest absolute Gasteiger partial charge is 0.280 e. The first-order valence-electron chi connectivity index (χ1n) is 9.21. The van der Waals surface area contributed by atoms with Gasteiger partial charge in [0.15, 0.2) is 5.01 Å². The van der Waals surface area contributed by atoms with Crippen LogP contribution in [0, 0.1) is 0 Å². The van der Waals surface area contributed by atoms with Crippen molar-refractivity contribution in [3.8, 4) is 0 Å². The third kappa shape index (κ3) is 4.09. The highest BCUT2D eigenvalue weighted by Crippen LogP contribution is 2.23. The molecular weight excluding hydrogens is 372 g/mol. The molecule has 7 heteroatoms. The number of carbonyl (C=O) groups is 2. The number of rotatable bonds is 4. The van der Waals surface area contributed by atoms with Crippen molar-refractivity contribution in [1.82, 2.24) is 20.2 Å². The Hall–Kier alpha value is -3.06. The lowest BCUT2D eigenvalue weighted by Gasteiger charge is -2.20. The van der Waals surface area contributed by atoms with Crippen molar-refractivity contribution in [3.63, 3.8) is 0 Å². The molecule has 0 aliphatic carbocycles. The molecule has 0 fully saturated rings. The van der Waals surface area contributed by atoms with Gasteiger partial charge in [-0.3, -0.25) is 14.6 Å². The minimum Gasteiger partial charge on any atom is -0.346 e. The number of nitrogens with zero attached hydrogens (tertiary/aromatic N) is 3. The van der Waals surface area contributed by atoms with E-state index in [0.29, 0.717) is 43.0 Å². The summed E-state index contributed by atoms with van der Waals surface area (Å²) < 4.78 is 0. The van der Waals surface area contributed by atoms with Crippen LogP contribution in [0.15, 0.2) is 54.9 Å². The van der Waals surface area contributed by atoms with E-state index in [9.17, 15) is 9.59 Å². The number of aromatic nitrogens is 2. The average Bonchev–Trinajstić information content (AvgIpc) is 3.06. The van der Waals surface area contributed by atoms with Crippen molar-refractivity contribution in [2.45, 2.75) is 19.4 Å². The SMILES string of the molecule is O=C(NCc1ccccc1)c1nc2c(s1)CCN(C(=O)c1cccnc1)CC2. The quantitative estimate of drug-likeness (QED) is 0.741. The summed E-state index contributed by atoms with van der Waals surface area (Å²) in [7, 11) is 0. The van der Waals surface area contributed by atoms with Gasteiger partial charge in [0.25, 0.3) is 11.8 Å². The number of carbonyl (C=O) groups excluding carboxylic acids is 2. The Bertz CT molecular complexity index is 947. The van der Waals surface area contributed by atoms with Crippen LogP contribution in [0.4, 0.5) is 0 Å². The van der Waals surface area contributed by atoms with E-state index in [0.717, 1.165) is 16.1 Å². The second kappa shape index (κ2) is 8.31. The molecule has 0 atom stereocenters. The first kappa shape index (κ1) is 18.3. The number of pyridine rings is 1. The van der Waals surface area contributed by atoms with E-state index >= 15 is 0 Å². The van der Waals surface area contributed by atoms with Crippen molar-refractivity contribution in [2.75, 3.05) is 13.1 Å². The Balaban J connectivity index is 1.38. The molecule has 1 aliphatic rings. The number of hydrogen-bond donors (Lipinski definition) is 1. The van der Waals surface area contributed by atoms with Crippen molar-refractivity contribution in [3.05, 3.63) is 81.6 Å². The summed E-state index contributed by atoms with van der Waals surface area (Å²) in [4.78, 5) is 36.6. The molecule has 1 aliphatic heterocycles. The molecule has 1 N–H and O–H groups in total. The summed E-state index contributed by atoms with van der Waals surface area (Å²) in [6.07, 6.45) is 4.62. The first-order chi connectivity index (χ1) is 13.7. The summed E-state index contributed by atoms with van der Waals surface area (Å²) in [6, 6.07) is 13.4. The van der Waals surface area contributed by atoms with E-state index in [1.165, 1.54) is 11.3 Å². The average molecular weight is 392 g/mol. The summed E-state index contributed by atoms with van der Waals surface area (Å²) in [5.74, 6) is -0.158. The molecule has 0 spiro atoms. The predicted octanol–water partition coefficient (Wildman–Crippen LogP) is 2.71. The zero-order chi connectivity index (χ0) is 19.3. The maximum atomic E-state index is 12.6. The summed E-state index contributed by atoms with van der Waals surface area (Å²) in [5.41, 5.74) is 2.58. The fraction of sp³-hybridized carbons (Fsp3) is 0.238. The Morgan fingerprint density at radius 3 is 2.68 bits per heavy atom. The number of thiazole rings is 1. The van der Waals surface area contributed by atoms with Crippen molar-refractivity contribution in [2.24, 2.45) is 0 Å². The number of fused-ring (bicyclic) bond motifs is 1. The summed E-state index contributed by atoms with van der Waals surface area (Å²) >= 11 is 1.43. The molecule has 142 valence electrons. The highest BCUT2D eigenvalue weighted by atomic mass is 32.1. The molecule has 0 unspecified atom stereocenters. The van der Waals surface area contributed by atoms with E-state index in [2.05, 4.69) is 15.3 Å². The molecule has 3 aromatic rings. The lowest BCUT2D eigenvalue weighted by molar-refractivity contribution is 0.0762. The van der Waals surface area contributed by atoms with Crippen LogP contribution < -0.4 is 5.32 Å². The second-order valence-corrected chi connectivity index (χ2v) is 7.67. The summed E-state index contributed by atoms with van der Waals surface area (Å²) in [5, 5.41) is 3.42. The minimum atomic E-state index is -0.148. The van der Waals surface area contributed by atoms with Gasteiger partial charge in [-0.05, 0) is 17.7 Å². The Morgan fingerprint density at radius 2 is 1.89 bits per heavy atom. The van der Waals surface area contributed by atoms with E-state index in [4.69, 9.17) is 0 Å². The normalized spacial score (nSPS) is 13.5. The van der Waals surface area contributed by atoms with Gasteiger partial charge in [-0.15, -0.1) is 11.3 Å². The van der Waals surface area contributed by atoms with E-state index in [1.807, 2.05) is 35.2 Å². The van der Waals surface area contributed by atoms with Crippen LogP contribution in [-0.4, -0.2) is 39.8 Å². The lowest BCUT2D eigenvalue weighted by atomic mass is 10.2. The molecule has 3 heterocycles. The highest BCUT2D eigenvalue weighted by molar-refractivity contribution is 7.13. The van der Waals surface area contributed by atoms with Gasteiger partial charge in [0, 0.05) is 49.7 Å². The van der Waals surface area contributed by atoms with Gasteiger partial charge in [-0.25, -0.2) is 4.98 Å². The van der Waals surface area contributed by atoms with Crippen molar-refractivity contribution in [1.29, 1.82) is 0 Å². The molecule has 2 aromatic heterocycles.